The lowest BCUT2D eigenvalue weighted by Gasteiger charge is -2.35. The minimum absolute atomic E-state index is 0.0462. The molecule has 0 bridgehead atoms. The van der Waals surface area contributed by atoms with Crippen molar-refractivity contribution in [3.8, 4) is 0 Å². The van der Waals surface area contributed by atoms with Gasteiger partial charge in [0.15, 0.2) is 0 Å². The second-order valence-electron chi connectivity index (χ2n) is 6.08. The summed E-state index contributed by atoms with van der Waals surface area (Å²) in [5.41, 5.74) is 0.950. The predicted octanol–water partition coefficient (Wildman–Crippen LogP) is 7.08. The maximum Gasteiger partial charge on any atom is 0.359 e. The van der Waals surface area contributed by atoms with Gasteiger partial charge in [0.2, 0.25) is 0 Å². The average Bonchev–Trinajstić information content (AvgIpc) is 2.68. The number of thioether (sulfide) groups is 3. The highest BCUT2D eigenvalue weighted by Crippen LogP contribution is 2.68. The van der Waals surface area contributed by atoms with Gasteiger partial charge in [0, 0.05) is 18.1 Å². The highest BCUT2D eigenvalue weighted by molar-refractivity contribution is 8.28. The summed E-state index contributed by atoms with van der Waals surface area (Å²) in [6.07, 6.45) is 0.772. The van der Waals surface area contributed by atoms with Gasteiger partial charge in [-0.1, -0.05) is 26.0 Å². The topological polar surface area (TPSA) is 78.7 Å². The Bertz CT molecular complexity index is 762. The van der Waals surface area contributed by atoms with Gasteiger partial charge in [-0.3, -0.25) is 14.7 Å². The third-order valence-corrected chi connectivity index (χ3v) is 10.8. The molecule has 29 heavy (non-hydrogen) atoms. The molecule has 1 heterocycles. The van der Waals surface area contributed by atoms with Gasteiger partial charge in [-0.2, -0.15) is 0 Å². The van der Waals surface area contributed by atoms with Gasteiger partial charge in [0.05, 0.1) is 32.3 Å². The van der Waals surface area contributed by atoms with E-state index >= 15 is 0 Å². The third-order valence-electron chi connectivity index (χ3n) is 4.23. The molecule has 2 atom stereocenters. The molecule has 10 heteroatoms. The van der Waals surface area contributed by atoms with Crippen molar-refractivity contribution >= 4 is 48.6 Å². The van der Waals surface area contributed by atoms with Crippen molar-refractivity contribution in [2.24, 2.45) is 0 Å². The molecule has 0 radical (unpaired) electrons. The Morgan fingerprint density at radius 3 is 2.24 bits per heavy atom. The standard InChI is InChI=1S/C19H28NO5PS3/c1-5-24-26(23,25-6-2)18-16(14-9-11-15(12-10-14)20(21)22)13-17(27-7-3)29-19(18)28-8-4/h9-12,16-17H,5-8,13H2,1-4H3/t16-,17-/m0/s1. The van der Waals surface area contributed by atoms with Gasteiger partial charge in [-0.15, -0.1) is 35.3 Å². The van der Waals surface area contributed by atoms with E-state index in [0.29, 0.717) is 9.90 Å². The minimum Gasteiger partial charge on any atom is -0.306 e. The van der Waals surface area contributed by atoms with E-state index in [2.05, 4.69) is 13.8 Å². The number of benzene rings is 1. The molecule has 1 aromatic rings. The van der Waals surface area contributed by atoms with Crippen LogP contribution in [0.2, 0.25) is 0 Å². The number of nitro groups is 1. The Morgan fingerprint density at radius 1 is 1.14 bits per heavy atom. The SMILES string of the molecule is CCOP(=O)(OCC)C1=C(SCC)S[C@H](SCC)C[C@H]1c1ccc([N+](=O)[O-])cc1. The van der Waals surface area contributed by atoms with Crippen LogP contribution in [0.15, 0.2) is 33.8 Å². The number of hydrogen-bond acceptors (Lipinski definition) is 8. The van der Waals surface area contributed by atoms with Crippen LogP contribution in [-0.4, -0.2) is 34.2 Å². The lowest BCUT2D eigenvalue weighted by molar-refractivity contribution is -0.384. The van der Waals surface area contributed by atoms with E-state index < -0.39 is 12.5 Å². The number of nitro benzene ring substituents is 1. The average molecular weight is 478 g/mol. The summed E-state index contributed by atoms with van der Waals surface area (Å²) >= 11 is 5.27. The van der Waals surface area contributed by atoms with E-state index in [4.69, 9.17) is 9.05 Å². The second-order valence-corrected chi connectivity index (χ2v) is 12.6. The molecule has 0 aromatic heterocycles. The minimum atomic E-state index is -3.48. The zero-order chi connectivity index (χ0) is 21.4. The zero-order valence-corrected chi connectivity index (χ0v) is 20.5. The van der Waals surface area contributed by atoms with Crippen LogP contribution in [0.25, 0.3) is 0 Å². The molecular formula is C19H28NO5PS3. The van der Waals surface area contributed by atoms with Gasteiger partial charge in [-0.25, -0.2) is 0 Å². The Labute approximate surface area is 185 Å². The number of non-ortho nitro benzene ring substituents is 1. The highest BCUT2D eigenvalue weighted by atomic mass is 32.2. The van der Waals surface area contributed by atoms with Gasteiger partial charge >= 0.3 is 7.60 Å². The monoisotopic (exact) mass is 477 g/mol. The summed E-state index contributed by atoms with van der Waals surface area (Å²) in [6, 6.07) is 6.55. The van der Waals surface area contributed by atoms with E-state index in [1.165, 1.54) is 12.1 Å². The van der Waals surface area contributed by atoms with E-state index in [1.54, 1.807) is 35.7 Å². The summed E-state index contributed by atoms with van der Waals surface area (Å²) in [4.78, 5) is 10.7. The molecule has 0 N–H and O–H groups in total. The van der Waals surface area contributed by atoms with Gasteiger partial charge in [-0.05, 0) is 37.3 Å². The third kappa shape index (κ3) is 6.28. The molecule has 1 aliphatic heterocycles. The molecule has 0 unspecified atom stereocenters. The van der Waals surface area contributed by atoms with Gasteiger partial charge in [0.1, 0.15) is 0 Å². The van der Waals surface area contributed by atoms with E-state index in [9.17, 15) is 14.7 Å². The van der Waals surface area contributed by atoms with Crippen LogP contribution in [0.1, 0.15) is 45.6 Å². The van der Waals surface area contributed by atoms with Crippen molar-refractivity contribution in [3.63, 3.8) is 0 Å². The van der Waals surface area contributed by atoms with Gasteiger partial charge in [0.25, 0.3) is 5.69 Å². The summed E-state index contributed by atoms with van der Waals surface area (Å²) in [6.45, 7) is 8.39. The van der Waals surface area contributed by atoms with Crippen LogP contribution in [-0.2, 0) is 13.6 Å². The van der Waals surface area contributed by atoms with Crippen LogP contribution in [0.5, 0.6) is 0 Å². The molecule has 162 valence electrons. The molecule has 0 amide bonds. The number of hydrogen-bond donors (Lipinski definition) is 0. The summed E-state index contributed by atoms with van der Waals surface area (Å²) in [5.74, 6) is 1.67. The van der Waals surface area contributed by atoms with Crippen molar-refractivity contribution in [3.05, 3.63) is 49.5 Å². The Kier molecular flexibility index (Phi) is 10.1. The van der Waals surface area contributed by atoms with Crippen molar-refractivity contribution in [2.45, 2.75) is 44.6 Å². The summed E-state index contributed by atoms with van der Waals surface area (Å²) in [7, 11) is -3.48. The fourth-order valence-electron chi connectivity index (χ4n) is 3.14. The summed E-state index contributed by atoms with van der Waals surface area (Å²) < 4.78 is 26.6. The molecule has 0 saturated heterocycles. The number of nitrogens with zero attached hydrogens (tertiary/aromatic N) is 1. The van der Waals surface area contributed by atoms with Crippen molar-refractivity contribution < 1.29 is 18.5 Å². The van der Waals surface area contributed by atoms with E-state index in [1.807, 2.05) is 25.6 Å². The molecule has 6 nitrogen and oxygen atoms in total. The van der Waals surface area contributed by atoms with Crippen LogP contribution >= 0.6 is 42.9 Å². The van der Waals surface area contributed by atoms with Crippen LogP contribution in [0.4, 0.5) is 5.69 Å². The lowest BCUT2D eigenvalue weighted by atomic mass is 9.95. The Morgan fingerprint density at radius 2 is 1.76 bits per heavy atom. The first-order chi connectivity index (χ1) is 13.9. The maximum atomic E-state index is 13.8. The fraction of sp³-hybridized carbons (Fsp3) is 0.579. The summed E-state index contributed by atoms with van der Waals surface area (Å²) in [5, 5.41) is 11.8. The van der Waals surface area contributed by atoms with Crippen LogP contribution in [0, 0.1) is 10.1 Å². The Hall–Kier alpha value is -0.440. The first-order valence-electron chi connectivity index (χ1n) is 9.69. The largest absolute Gasteiger partial charge is 0.359 e. The number of rotatable bonds is 11. The normalized spacial score (nSPS) is 20.1. The Balaban J connectivity index is 2.61. The molecule has 2 rings (SSSR count). The molecule has 0 aliphatic carbocycles. The smallest absolute Gasteiger partial charge is 0.306 e. The van der Waals surface area contributed by atoms with Crippen LogP contribution < -0.4 is 0 Å². The molecule has 1 aliphatic rings. The second kappa shape index (κ2) is 11.8. The van der Waals surface area contributed by atoms with E-state index in [-0.39, 0.29) is 24.8 Å². The highest BCUT2D eigenvalue weighted by Gasteiger charge is 2.43. The fourth-order valence-corrected chi connectivity index (χ4v) is 10.2. The predicted molar refractivity (Wildman–Crippen MR) is 126 cm³/mol. The maximum absolute atomic E-state index is 13.8. The zero-order valence-electron chi connectivity index (χ0n) is 17.2. The van der Waals surface area contributed by atoms with Crippen molar-refractivity contribution in [2.75, 3.05) is 24.7 Å². The molecule has 0 saturated carbocycles. The van der Waals surface area contributed by atoms with Crippen LogP contribution in [0.3, 0.4) is 0 Å². The van der Waals surface area contributed by atoms with E-state index in [0.717, 1.165) is 27.7 Å². The van der Waals surface area contributed by atoms with Crippen molar-refractivity contribution in [1.29, 1.82) is 0 Å². The molecule has 1 aromatic carbocycles. The molecular weight excluding hydrogens is 449 g/mol. The first-order valence-corrected chi connectivity index (χ1v) is 14.1. The lowest BCUT2D eigenvalue weighted by Crippen LogP contribution is -2.18. The number of allylic oxidation sites excluding steroid dienone is 1. The first kappa shape index (κ1) is 24.8. The molecule has 0 fully saturated rings. The molecule has 0 spiro atoms. The van der Waals surface area contributed by atoms with Gasteiger partial charge < -0.3 is 9.05 Å². The quantitative estimate of drug-likeness (QED) is 0.190. The van der Waals surface area contributed by atoms with Crippen molar-refractivity contribution in [1.82, 2.24) is 0 Å².